The number of aromatic nitrogens is 2. The van der Waals surface area contributed by atoms with E-state index in [4.69, 9.17) is 9.57 Å². The lowest BCUT2D eigenvalue weighted by molar-refractivity contribution is -0.194. The van der Waals surface area contributed by atoms with E-state index in [1.165, 1.54) is 12.3 Å². The Balaban J connectivity index is 1.43. The van der Waals surface area contributed by atoms with Gasteiger partial charge in [0.15, 0.2) is 4.90 Å². The third-order valence-corrected chi connectivity index (χ3v) is 4.92. The van der Waals surface area contributed by atoms with Crippen LogP contribution < -0.4 is 14.3 Å². The first-order valence-electron chi connectivity index (χ1n) is 7.48. The molecule has 0 saturated heterocycles. The maximum atomic E-state index is 12.8. The maximum Gasteiger partial charge on any atom is 0.397 e. The van der Waals surface area contributed by atoms with Crippen molar-refractivity contribution in [3.05, 3.63) is 42.6 Å². The van der Waals surface area contributed by atoms with Crippen LogP contribution >= 0.6 is 0 Å². The topological polar surface area (TPSA) is 71.4 Å². The monoisotopic (exact) mass is 375 g/mol. The molecular formula is C15H16F3N3O3S. The number of hydrogen-bond acceptors (Lipinski definition) is 5. The minimum atomic E-state index is -4.27. The Morgan fingerprint density at radius 2 is 1.96 bits per heavy atom. The van der Waals surface area contributed by atoms with Crippen LogP contribution in [-0.4, -0.2) is 34.0 Å². The molecule has 1 aromatic carbocycles. The molecule has 1 saturated carbocycles. The standard InChI is InChI=1S/C15H16F3N3O3S/c16-15(17,18)14(7-8-14)10-23-13-6-9-21(20-13)24-11-19-25(22)12-4-2-1-3-5-12/h1-6,9,19H,7-8,10-11H2. The van der Waals surface area contributed by atoms with Crippen molar-refractivity contribution in [2.24, 2.45) is 5.41 Å². The van der Waals surface area contributed by atoms with Crippen LogP contribution in [0.3, 0.4) is 0 Å². The lowest BCUT2D eigenvalue weighted by Crippen LogP contribution is -2.32. The van der Waals surface area contributed by atoms with E-state index in [0.717, 1.165) is 4.85 Å². The van der Waals surface area contributed by atoms with E-state index in [0.29, 0.717) is 4.90 Å². The molecule has 25 heavy (non-hydrogen) atoms. The second-order valence-corrected chi connectivity index (χ2v) is 6.92. The summed E-state index contributed by atoms with van der Waals surface area (Å²) in [7, 11) is 0. The zero-order chi connectivity index (χ0) is 17.9. The predicted octanol–water partition coefficient (Wildman–Crippen LogP) is 2.30. The highest BCUT2D eigenvalue weighted by Crippen LogP contribution is 2.57. The van der Waals surface area contributed by atoms with Gasteiger partial charge in [0.2, 0.25) is 12.6 Å². The van der Waals surface area contributed by atoms with Crippen LogP contribution in [-0.2, 0) is 11.4 Å². The quantitative estimate of drug-likeness (QED) is 0.566. The molecule has 136 valence electrons. The van der Waals surface area contributed by atoms with Crippen LogP contribution in [0.5, 0.6) is 5.88 Å². The second-order valence-electron chi connectivity index (χ2n) is 5.62. The summed E-state index contributed by atoms with van der Waals surface area (Å²) >= 11 is -1.44. The number of nitrogens with one attached hydrogen (secondary N) is 1. The van der Waals surface area contributed by atoms with Crippen LogP contribution in [0.25, 0.3) is 0 Å². The molecule has 6 nitrogen and oxygen atoms in total. The third-order valence-electron chi connectivity index (χ3n) is 3.84. The number of alkyl halides is 3. The average Bonchev–Trinajstić information content (AvgIpc) is 3.27. The van der Waals surface area contributed by atoms with Crippen molar-refractivity contribution in [1.29, 1.82) is 0 Å². The van der Waals surface area contributed by atoms with Gasteiger partial charge in [0, 0.05) is 6.07 Å². The summed E-state index contributed by atoms with van der Waals surface area (Å²) in [5, 5.41) is 3.86. The van der Waals surface area contributed by atoms with Gasteiger partial charge in [0.25, 0.3) is 0 Å². The molecule has 3 rings (SSSR count). The molecule has 1 N–H and O–H groups in total. The first-order valence-corrected chi connectivity index (χ1v) is 8.63. The molecule has 0 spiro atoms. The maximum absolute atomic E-state index is 12.8. The fourth-order valence-corrected chi connectivity index (χ4v) is 2.82. The van der Waals surface area contributed by atoms with E-state index in [1.54, 1.807) is 24.3 Å². The van der Waals surface area contributed by atoms with E-state index in [1.807, 2.05) is 6.07 Å². The summed E-state index contributed by atoms with van der Waals surface area (Å²) < 4.78 is 58.1. The van der Waals surface area contributed by atoms with Crippen molar-refractivity contribution >= 4 is 11.4 Å². The first-order chi connectivity index (χ1) is 11.9. The molecule has 2 aromatic rings. The molecule has 1 fully saturated rings. The van der Waals surface area contributed by atoms with E-state index in [-0.39, 0.29) is 25.5 Å². The fraction of sp³-hybridized carbons (Fsp3) is 0.400. The van der Waals surface area contributed by atoms with Crippen molar-refractivity contribution in [2.45, 2.75) is 23.9 Å². The smallest absolute Gasteiger partial charge is 0.397 e. The lowest BCUT2D eigenvalue weighted by Gasteiger charge is -2.18. The zero-order valence-corrected chi connectivity index (χ0v) is 13.8. The summed E-state index contributed by atoms with van der Waals surface area (Å²) in [6, 6.07) is 10.2. The van der Waals surface area contributed by atoms with Crippen LogP contribution in [0.4, 0.5) is 13.2 Å². The van der Waals surface area contributed by atoms with E-state index in [9.17, 15) is 17.7 Å². The summed E-state index contributed by atoms with van der Waals surface area (Å²) in [5.41, 5.74) is -1.74. The Morgan fingerprint density at radius 3 is 2.60 bits per heavy atom. The SMILES string of the molecule is [O-][S+](NCOn1ccc(OCC2(C(F)(F)F)CC2)n1)c1ccccc1. The second kappa shape index (κ2) is 7.14. The molecular weight excluding hydrogens is 359 g/mol. The van der Waals surface area contributed by atoms with Gasteiger partial charge in [-0.05, 0) is 25.0 Å². The molecule has 1 aliphatic carbocycles. The Morgan fingerprint density at radius 1 is 1.24 bits per heavy atom. The van der Waals surface area contributed by atoms with Gasteiger partial charge < -0.3 is 14.1 Å². The third kappa shape index (κ3) is 4.39. The molecule has 10 heteroatoms. The molecule has 1 heterocycles. The molecule has 0 radical (unpaired) electrons. The van der Waals surface area contributed by atoms with E-state index >= 15 is 0 Å². The van der Waals surface area contributed by atoms with Gasteiger partial charge in [-0.2, -0.15) is 13.2 Å². The Labute approximate surface area is 145 Å². The van der Waals surface area contributed by atoms with Gasteiger partial charge in [0.1, 0.15) is 12.0 Å². The van der Waals surface area contributed by atoms with E-state index < -0.39 is 29.6 Å². The minimum Gasteiger partial charge on any atom is -0.593 e. The molecule has 1 aromatic heterocycles. The number of nitrogens with zero attached hydrogens (tertiary/aromatic N) is 2. The van der Waals surface area contributed by atoms with Crippen molar-refractivity contribution in [3.8, 4) is 5.88 Å². The first kappa shape index (κ1) is 17.9. The van der Waals surface area contributed by atoms with Gasteiger partial charge in [0.05, 0.1) is 17.6 Å². The average molecular weight is 375 g/mol. The molecule has 1 unspecified atom stereocenters. The summed E-state index contributed by atoms with van der Waals surface area (Å²) in [6.07, 6.45) is -2.72. The molecule has 0 amide bonds. The predicted molar refractivity (Wildman–Crippen MR) is 82.9 cm³/mol. The van der Waals surface area contributed by atoms with E-state index in [2.05, 4.69) is 9.82 Å². The van der Waals surface area contributed by atoms with Gasteiger partial charge >= 0.3 is 6.18 Å². The van der Waals surface area contributed by atoms with Crippen molar-refractivity contribution < 1.29 is 27.3 Å². The molecule has 0 aliphatic heterocycles. The Bertz CT molecular complexity index is 692. The van der Waals surface area contributed by atoms with Crippen molar-refractivity contribution in [1.82, 2.24) is 14.7 Å². The van der Waals surface area contributed by atoms with Gasteiger partial charge in [-0.1, -0.05) is 28.0 Å². The molecule has 0 bridgehead atoms. The lowest BCUT2D eigenvalue weighted by atomic mass is 10.1. The highest BCUT2D eigenvalue weighted by Gasteiger charge is 2.63. The Hall–Kier alpha value is -1.91. The highest BCUT2D eigenvalue weighted by atomic mass is 32.2. The zero-order valence-electron chi connectivity index (χ0n) is 13.0. The number of hydrogen-bond donors (Lipinski definition) is 1. The van der Waals surface area contributed by atoms with Crippen LogP contribution in [0, 0.1) is 5.41 Å². The molecule has 1 atom stereocenters. The van der Waals surface area contributed by atoms with Crippen molar-refractivity contribution in [2.75, 3.05) is 13.3 Å². The minimum absolute atomic E-state index is 0.0414. The summed E-state index contributed by atoms with van der Waals surface area (Å²) in [5.74, 6) is 0.0414. The normalized spacial score (nSPS) is 17.1. The largest absolute Gasteiger partial charge is 0.593 e. The van der Waals surface area contributed by atoms with Crippen molar-refractivity contribution in [3.63, 3.8) is 0 Å². The van der Waals surface area contributed by atoms with Crippen LogP contribution in [0.1, 0.15) is 12.8 Å². The van der Waals surface area contributed by atoms with Crippen LogP contribution in [0.2, 0.25) is 0 Å². The number of benzene rings is 1. The Kier molecular flexibility index (Phi) is 5.11. The van der Waals surface area contributed by atoms with Gasteiger partial charge in [-0.3, -0.25) is 0 Å². The summed E-state index contributed by atoms with van der Waals surface area (Å²) in [4.78, 5) is 6.83. The molecule has 1 aliphatic rings. The number of rotatable bonds is 8. The summed E-state index contributed by atoms with van der Waals surface area (Å²) in [6.45, 7) is -0.557. The highest BCUT2D eigenvalue weighted by molar-refractivity contribution is 7.89. The number of halogens is 3. The fourth-order valence-electron chi connectivity index (χ4n) is 2.09. The van der Waals surface area contributed by atoms with Gasteiger partial charge in [-0.15, -0.1) is 4.85 Å². The van der Waals surface area contributed by atoms with Crippen LogP contribution in [0.15, 0.2) is 47.5 Å². The van der Waals surface area contributed by atoms with Gasteiger partial charge in [-0.25, -0.2) is 0 Å². The number of ether oxygens (including phenoxy) is 1.